The van der Waals surface area contributed by atoms with Crippen LogP contribution in [-0.4, -0.2) is 10.2 Å². The molecule has 3 nitrogen and oxygen atoms in total. The molecule has 0 aliphatic carbocycles. The van der Waals surface area contributed by atoms with E-state index in [1.165, 1.54) is 22.9 Å². The molecule has 0 radical (unpaired) electrons. The fraction of sp³-hybridized carbons (Fsp3) is 0.154. The lowest BCUT2D eigenvalue weighted by Crippen LogP contribution is -2.27. The third-order valence-corrected chi connectivity index (χ3v) is 6.38. The summed E-state index contributed by atoms with van der Waals surface area (Å²) >= 11 is 6.81. The molecule has 1 amide bonds. The number of carbonyl (C=O) groups excluding carboxylic acids is 1. The molecule has 0 N–H and O–H groups in total. The van der Waals surface area contributed by atoms with Gasteiger partial charge >= 0.3 is 0 Å². The minimum absolute atomic E-state index is 0.0924. The number of thioether (sulfide) groups is 1. The topological polar surface area (TPSA) is 29.5 Å². The molecule has 0 atom stereocenters. The molecule has 1 aliphatic rings. The van der Waals surface area contributed by atoms with Gasteiger partial charge in [0.05, 0.1) is 10.6 Å². The van der Waals surface area contributed by atoms with Gasteiger partial charge in [-0.25, -0.2) is 0 Å². The van der Waals surface area contributed by atoms with E-state index in [9.17, 15) is 4.79 Å². The van der Waals surface area contributed by atoms with E-state index >= 15 is 0 Å². The number of nitrogens with zero attached hydrogens (tertiary/aromatic N) is 1. The van der Waals surface area contributed by atoms with Crippen molar-refractivity contribution in [2.45, 2.75) is 26.9 Å². The standard InChI is InChI=1S/C26H23NO2S2/c1-3-19-11-13-22(14-12-19)27-25(28)24(31-26(27)30)16-21-5-4-6-23(15-21)29-17-20-9-7-18(2)8-10-20/h4-16H,3,17H2,1-2H3. The van der Waals surface area contributed by atoms with Gasteiger partial charge in [-0.1, -0.05) is 85.0 Å². The maximum Gasteiger partial charge on any atom is 0.270 e. The van der Waals surface area contributed by atoms with Crippen LogP contribution in [0.5, 0.6) is 5.75 Å². The number of hydrogen-bond acceptors (Lipinski definition) is 4. The highest BCUT2D eigenvalue weighted by atomic mass is 32.2. The van der Waals surface area contributed by atoms with Crippen molar-refractivity contribution < 1.29 is 9.53 Å². The van der Waals surface area contributed by atoms with Crippen molar-refractivity contribution in [3.05, 3.63) is 100.0 Å². The van der Waals surface area contributed by atoms with Crippen LogP contribution in [0.1, 0.15) is 29.2 Å². The van der Waals surface area contributed by atoms with Crippen LogP contribution in [0.4, 0.5) is 5.69 Å². The summed E-state index contributed by atoms with van der Waals surface area (Å²) in [5.74, 6) is 0.671. The third-order valence-electron chi connectivity index (χ3n) is 5.08. The summed E-state index contributed by atoms with van der Waals surface area (Å²) in [5, 5.41) is 0. The first kappa shape index (κ1) is 21.3. The smallest absolute Gasteiger partial charge is 0.270 e. The zero-order valence-electron chi connectivity index (χ0n) is 17.5. The molecule has 0 spiro atoms. The molecule has 3 aromatic rings. The van der Waals surface area contributed by atoms with Crippen molar-refractivity contribution in [3.8, 4) is 5.75 Å². The number of rotatable bonds is 6. The molecular formula is C26H23NO2S2. The predicted molar refractivity (Wildman–Crippen MR) is 133 cm³/mol. The molecule has 0 unspecified atom stereocenters. The van der Waals surface area contributed by atoms with E-state index in [2.05, 4.69) is 38.1 Å². The Labute approximate surface area is 192 Å². The van der Waals surface area contributed by atoms with Crippen LogP contribution in [0.3, 0.4) is 0 Å². The lowest BCUT2D eigenvalue weighted by Gasteiger charge is -2.14. The fourth-order valence-corrected chi connectivity index (χ4v) is 4.57. The minimum Gasteiger partial charge on any atom is -0.489 e. The largest absolute Gasteiger partial charge is 0.489 e. The lowest BCUT2D eigenvalue weighted by atomic mass is 10.1. The van der Waals surface area contributed by atoms with Gasteiger partial charge in [-0.15, -0.1) is 0 Å². The van der Waals surface area contributed by atoms with Crippen molar-refractivity contribution >= 4 is 46.0 Å². The highest BCUT2D eigenvalue weighted by Gasteiger charge is 2.33. The number of carbonyl (C=O) groups is 1. The summed E-state index contributed by atoms with van der Waals surface area (Å²) in [6.07, 6.45) is 2.83. The van der Waals surface area contributed by atoms with Gasteiger partial charge in [0.15, 0.2) is 4.32 Å². The minimum atomic E-state index is -0.0924. The first-order valence-corrected chi connectivity index (χ1v) is 11.4. The van der Waals surface area contributed by atoms with Crippen LogP contribution in [0.2, 0.25) is 0 Å². The van der Waals surface area contributed by atoms with Crippen molar-refractivity contribution in [3.63, 3.8) is 0 Å². The SMILES string of the molecule is CCc1ccc(N2C(=O)C(=Cc3cccc(OCc4ccc(C)cc4)c3)SC2=S)cc1. The Balaban J connectivity index is 1.49. The van der Waals surface area contributed by atoms with E-state index in [0.29, 0.717) is 15.8 Å². The summed E-state index contributed by atoms with van der Waals surface area (Å²) in [7, 11) is 0. The Kier molecular flexibility index (Phi) is 6.54. The van der Waals surface area contributed by atoms with Crippen molar-refractivity contribution in [2.24, 2.45) is 0 Å². The number of hydrogen-bond donors (Lipinski definition) is 0. The van der Waals surface area contributed by atoms with Crippen LogP contribution in [0.25, 0.3) is 6.08 Å². The maximum atomic E-state index is 13.0. The highest BCUT2D eigenvalue weighted by molar-refractivity contribution is 8.27. The second kappa shape index (κ2) is 9.50. The van der Waals surface area contributed by atoms with Gasteiger partial charge < -0.3 is 4.74 Å². The number of benzene rings is 3. The van der Waals surface area contributed by atoms with Gasteiger partial charge in [-0.05, 0) is 60.4 Å². The monoisotopic (exact) mass is 445 g/mol. The van der Waals surface area contributed by atoms with Crippen LogP contribution in [0, 0.1) is 6.92 Å². The van der Waals surface area contributed by atoms with E-state index in [-0.39, 0.29) is 5.91 Å². The van der Waals surface area contributed by atoms with Crippen LogP contribution >= 0.6 is 24.0 Å². The molecular weight excluding hydrogens is 422 g/mol. The number of aryl methyl sites for hydroxylation is 2. The molecule has 0 aromatic heterocycles. The fourth-order valence-electron chi connectivity index (χ4n) is 3.27. The maximum absolute atomic E-state index is 13.0. The van der Waals surface area contributed by atoms with Gasteiger partial charge in [0.25, 0.3) is 5.91 Å². The van der Waals surface area contributed by atoms with E-state index in [0.717, 1.165) is 29.0 Å². The average molecular weight is 446 g/mol. The number of ether oxygens (including phenoxy) is 1. The molecule has 0 saturated carbocycles. The molecule has 4 rings (SSSR count). The van der Waals surface area contributed by atoms with Gasteiger partial charge in [0.1, 0.15) is 12.4 Å². The Hall–Kier alpha value is -2.89. The molecule has 5 heteroatoms. The Morgan fingerprint density at radius 3 is 2.42 bits per heavy atom. The van der Waals surface area contributed by atoms with Crippen LogP contribution in [-0.2, 0) is 17.8 Å². The van der Waals surface area contributed by atoms with Crippen molar-refractivity contribution in [1.29, 1.82) is 0 Å². The van der Waals surface area contributed by atoms with Crippen LogP contribution < -0.4 is 9.64 Å². The van der Waals surface area contributed by atoms with Crippen molar-refractivity contribution in [1.82, 2.24) is 0 Å². The molecule has 1 saturated heterocycles. The Morgan fingerprint density at radius 2 is 1.71 bits per heavy atom. The molecule has 156 valence electrons. The highest BCUT2D eigenvalue weighted by Crippen LogP contribution is 2.36. The van der Waals surface area contributed by atoms with Crippen molar-refractivity contribution in [2.75, 3.05) is 4.90 Å². The van der Waals surface area contributed by atoms with Gasteiger partial charge in [-0.3, -0.25) is 9.69 Å². The summed E-state index contributed by atoms with van der Waals surface area (Å²) in [6.45, 7) is 4.67. The number of anilines is 1. The van der Waals surface area contributed by atoms with Gasteiger partial charge in [0.2, 0.25) is 0 Å². The van der Waals surface area contributed by atoms with E-state index in [4.69, 9.17) is 17.0 Å². The number of amides is 1. The Bertz CT molecular complexity index is 1130. The molecule has 1 heterocycles. The zero-order chi connectivity index (χ0) is 21.8. The summed E-state index contributed by atoms with van der Waals surface area (Å²) in [4.78, 5) is 15.2. The summed E-state index contributed by atoms with van der Waals surface area (Å²) in [6, 6.07) is 24.0. The van der Waals surface area contributed by atoms with Crippen LogP contribution in [0.15, 0.2) is 77.7 Å². The normalized spacial score (nSPS) is 15.0. The predicted octanol–water partition coefficient (Wildman–Crippen LogP) is 6.54. The van der Waals surface area contributed by atoms with E-state index in [1.54, 1.807) is 4.90 Å². The average Bonchev–Trinajstić information content (AvgIpc) is 3.06. The third kappa shape index (κ3) is 5.06. The second-order valence-electron chi connectivity index (χ2n) is 7.38. The summed E-state index contributed by atoms with van der Waals surface area (Å²) < 4.78 is 6.49. The Morgan fingerprint density at radius 1 is 1.00 bits per heavy atom. The molecule has 3 aromatic carbocycles. The molecule has 1 fully saturated rings. The van der Waals surface area contributed by atoms with Gasteiger partial charge in [-0.2, -0.15) is 0 Å². The number of thiocarbonyl (C=S) groups is 1. The van der Waals surface area contributed by atoms with Gasteiger partial charge in [0, 0.05) is 0 Å². The lowest BCUT2D eigenvalue weighted by molar-refractivity contribution is -0.113. The second-order valence-corrected chi connectivity index (χ2v) is 9.06. The van der Waals surface area contributed by atoms with E-state index in [1.807, 2.05) is 54.6 Å². The first-order valence-electron chi connectivity index (χ1n) is 10.2. The molecule has 0 bridgehead atoms. The summed E-state index contributed by atoms with van der Waals surface area (Å²) in [5.41, 5.74) is 5.28. The quantitative estimate of drug-likeness (QED) is 0.318. The molecule has 31 heavy (non-hydrogen) atoms. The zero-order valence-corrected chi connectivity index (χ0v) is 19.1. The van der Waals surface area contributed by atoms with E-state index < -0.39 is 0 Å². The first-order chi connectivity index (χ1) is 15.0. The molecule has 1 aliphatic heterocycles.